The Bertz CT molecular complexity index is 618. The molecule has 0 saturated carbocycles. The van der Waals surface area contributed by atoms with Crippen LogP contribution in [0.2, 0.25) is 0 Å². The molecule has 1 aromatic heterocycles. The van der Waals surface area contributed by atoms with E-state index in [1.165, 1.54) is 17.6 Å². The zero-order valence-corrected chi connectivity index (χ0v) is 15.6. The average Bonchev–Trinajstić information content (AvgIpc) is 2.94. The normalized spacial score (nSPS) is 22.1. The van der Waals surface area contributed by atoms with Crippen LogP contribution < -0.4 is 0 Å². The number of carbonyl (C=O) groups is 1. The number of carbonyl (C=O) groups excluding carboxylic acids is 1. The first-order chi connectivity index (χ1) is 12.1. The third kappa shape index (κ3) is 4.12. The minimum atomic E-state index is 0.107. The fraction of sp³-hybridized carbons (Fsp3) is 0.684. The van der Waals surface area contributed by atoms with Crippen molar-refractivity contribution in [3.8, 4) is 0 Å². The minimum absolute atomic E-state index is 0.107. The van der Waals surface area contributed by atoms with Crippen LogP contribution in [0.25, 0.3) is 0 Å². The molecule has 2 aliphatic rings. The summed E-state index contributed by atoms with van der Waals surface area (Å²) in [7, 11) is 1.59. The Morgan fingerprint density at radius 2 is 2.20 bits per heavy atom. The second-order valence-electron chi connectivity index (χ2n) is 7.11. The van der Waals surface area contributed by atoms with Gasteiger partial charge in [-0.1, -0.05) is 11.2 Å². The van der Waals surface area contributed by atoms with Gasteiger partial charge in [0.25, 0.3) is 0 Å². The van der Waals surface area contributed by atoms with Crippen LogP contribution >= 0.6 is 0 Å². The molecule has 2 aliphatic heterocycles. The lowest BCUT2D eigenvalue weighted by Crippen LogP contribution is -2.48. The van der Waals surface area contributed by atoms with Crippen molar-refractivity contribution in [2.24, 2.45) is 0 Å². The molecule has 0 bridgehead atoms. The van der Waals surface area contributed by atoms with Gasteiger partial charge in [0.05, 0.1) is 11.7 Å². The Kier molecular flexibility index (Phi) is 5.91. The van der Waals surface area contributed by atoms with Gasteiger partial charge in [0, 0.05) is 38.9 Å². The number of nitrogens with zero attached hydrogens (tertiary/aromatic N) is 3. The fourth-order valence-corrected chi connectivity index (χ4v) is 3.98. The summed E-state index contributed by atoms with van der Waals surface area (Å²) in [6.45, 7) is 7.79. The highest BCUT2D eigenvalue weighted by Gasteiger charge is 2.31. The van der Waals surface area contributed by atoms with Gasteiger partial charge in [0.15, 0.2) is 0 Å². The largest absolute Gasteiger partial charge is 0.375 e. The van der Waals surface area contributed by atoms with Crippen LogP contribution in [0.4, 0.5) is 0 Å². The molecule has 1 atom stereocenters. The van der Waals surface area contributed by atoms with Gasteiger partial charge in [-0.25, -0.2) is 0 Å². The number of hydrogen-bond acceptors (Lipinski definition) is 5. The van der Waals surface area contributed by atoms with Crippen molar-refractivity contribution in [3.63, 3.8) is 0 Å². The standard InChI is InChI=1S/C19H29N3O3/c1-14-17(15(2)25-20-14)12-21-9-6-7-16(11-21)18-8-4-5-10-22(18)19(23)13-24-3/h7,18H,4-6,8-13H2,1-3H3/t18-/m1/s1. The lowest BCUT2D eigenvalue weighted by molar-refractivity contribution is -0.138. The fourth-order valence-electron chi connectivity index (χ4n) is 3.98. The van der Waals surface area contributed by atoms with E-state index in [4.69, 9.17) is 9.26 Å². The van der Waals surface area contributed by atoms with Gasteiger partial charge < -0.3 is 14.2 Å². The molecule has 1 saturated heterocycles. The molecule has 0 radical (unpaired) electrons. The Morgan fingerprint density at radius 1 is 1.36 bits per heavy atom. The first-order valence-corrected chi connectivity index (χ1v) is 9.21. The summed E-state index contributed by atoms with van der Waals surface area (Å²) in [5.41, 5.74) is 3.54. The quantitative estimate of drug-likeness (QED) is 0.766. The third-order valence-electron chi connectivity index (χ3n) is 5.34. The number of hydrogen-bond donors (Lipinski definition) is 0. The van der Waals surface area contributed by atoms with Gasteiger partial charge in [-0.3, -0.25) is 9.69 Å². The smallest absolute Gasteiger partial charge is 0.249 e. The number of aryl methyl sites for hydroxylation is 2. The van der Waals surface area contributed by atoms with E-state index in [0.29, 0.717) is 0 Å². The highest BCUT2D eigenvalue weighted by atomic mass is 16.5. The molecular weight excluding hydrogens is 318 g/mol. The summed E-state index contributed by atoms with van der Waals surface area (Å²) in [5.74, 6) is 1.01. The Labute approximate surface area is 149 Å². The second-order valence-corrected chi connectivity index (χ2v) is 7.11. The van der Waals surface area contributed by atoms with Crippen molar-refractivity contribution in [3.05, 3.63) is 28.7 Å². The van der Waals surface area contributed by atoms with Crippen molar-refractivity contribution in [2.75, 3.05) is 33.4 Å². The van der Waals surface area contributed by atoms with Crippen LogP contribution in [-0.4, -0.2) is 60.3 Å². The van der Waals surface area contributed by atoms with Crippen molar-refractivity contribution in [1.82, 2.24) is 15.0 Å². The zero-order valence-electron chi connectivity index (χ0n) is 15.6. The molecule has 0 spiro atoms. The minimum Gasteiger partial charge on any atom is -0.375 e. The monoisotopic (exact) mass is 347 g/mol. The van der Waals surface area contributed by atoms with Gasteiger partial charge in [0.2, 0.25) is 5.91 Å². The molecule has 0 aromatic carbocycles. The van der Waals surface area contributed by atoms with Gasteiger partial charge >= 0.3 is 0 Å². The van der Waals surface area contributed by atoms with Crippen LogP contribution in [0.3, 0.4) is 0 Å². The van der Waals surface area contributed by atoms with E-state index in [2.05, 4.69) is 16.1 Å². The van der Waals surface area contributed by atoms with Gasteiger partial charge in [-0.05, 0) is 45.1 Å². The maximum absolute atomic E-state index is 12.4. The van der Waals surface area contributed by atoms with E-state index in [0.717, 1.165) is 56.9 Å². The molecule has 138 valence electrons. The molecule has 1 amide bonds. The molecule has 3 rings (SSSR count). The van der Waals surface area contributed by atoms with Crippen molar-refractivity contribution in [2.45, 2.75) is 52.1 Å². The summed E-state index contributed by atoms with van der Waals surface area (Å²) in [5, 5.41) is 4.06. The molecule has 3 heterocycles. The molecule has 25 heavy (non-hydrogen) atoms. The Morgan fingerprint density at radius 3 is 2.92 bits per heavy atom. The number of rotatable bonds is 5. The lowest BCUT2D eigenvalue weighted by atomic mass is 9.92. The molecule has 1 aromatic rings. The predicted molar refractivity (Wildman–Crippen MR) is 95.2 cm³/mol. The third-order valence-corrected chi connectivity index (χ3v) is 5.34. The predicted octanol–water partition coefficient (Wildman–Crippen LogP) is 2.45. The van der Waals surface area contributed by atoms with Gasteiger partial charge in [-0.15, -0.1) is 0 Å². The van der Waals surface area contributed by atoms with E-state index in [9.17, 15) is 4.79 Å². The number of piperidine rings is 1. The van der Waals surface area contributed by atoms with Crippen LogP contribution in [0, 0.1) is 13.8 Å². The van der Waals surface area contributed by atoms with E-state index in [1.54, 1.807) is 7.11 Å². The number of amides is 1. The second kappa shape index (κ2) is 8.15. The van der Waals surface area contributed by atoms with E-state index < -0.39 is 0 Å². The molecule has 0 N–H and O–H groups in total. The zero-order chi connectivity index (χ0) is 17.8. The molecular formula is C19H29N3O3. The van der Waals surface area contributed by atoms with E-state index in [1.807, 2.05) is 18.7 Å². The molecule has 1 fully saturated rings. The average molecular weight is 347 g/mol. The molecule has 6 heteroatoms. The highest BCUT2D eigenvalue weighted by molar-refractivity contribution is 5.78. The summed E-state index contributed by atoms with van der Waals surface area (Å²) in [6, 6.07) is 0.226. The SMILES string of the molecule is COCC(=O)N1CCCC[C@@H]1C1=CCCN(Cc2c(C)noc2C)C1. The van der Waals surface area contributed by atoms with Crippen molar-refractivity contribution in [1.29, 1.82) is 0 Å². The molecule has 6 nitrogen and oxygen atoms in total. The van der Waals surface area contributed by atoms with Crippen LogP contribution in [0.5, 0.6) is 0 Å². The number of likely N-dealkylation sites (tertiary alicyclic amines) is 1. The topological polar surface area (TPSA) is 58.8 Å². The maximum Gasteiger partial charge on any atom is 0.249 e. The van der Waals surface area contributed by atoms with Crippen LogP contribution in [0.15, 0.2) is 16.2 Å². The number of methoxy groups -OCH3 is 1. The van der Waals surface area contributed by atoms with Crippen molar-refractivity contribution >= 4 is 5.91 Å². The van der Waals surface area contributed by atoms with Crippen LogP contribution in [0.1, 0.15) is 42.7 Å². The number of ether oxygens (including phenoxy) is 1. The summed E-state index contributed by atoms with van der Waals surface area (Å²) >= 11 is 0. The van der Waals surface area contributed by atoms with Gasteiger partial charge in [0.1, 0.15) is 12.4 Å². The Hall–Kier alpha value is -1.66. The lowest BCUT2D eigenvalue weighted by Gasteiger charge is -2.40. The highest BCUT2D eigenvalue weighted by Crippen LogP contribution is 2.27. The summed E-state index contributed by atoms with van der Waals surface area (Å²) in [4.78, 5) is 16.9. The summed E-state index contributed by atoms with van der Waals surface area (Å²) < 4.78 is 10.4. The van der Waals surface area contributed by atoms with Crippen LogP contribution in [-0.2, 0) is 16.1 Å². The first-order valence-electron chi connectivity index (χ1n) is 9.21. The van der Waals surface area contributed by atoms with E-state index in [-0.39, 0.29) is 18.6 Å². The summed E-state index contributed by atoms with van der Waals surface area (Å²) in [6.07, 6.45) is 6.69. The van der Waals surface area contributed by atoms with Gasteiger partial charge in [-0.2, -0.15) is 0 Å². The Balaban J connectivity index is 1.69. The first kappa shape index (κ1) is 18.1. The van der Waals surface area contributed by atoms with E-state index >= 15 is 0 Å². The van der Waals surface area contributed by atoms with Crippen molar-refractivity contribution < 1.29 is 14.1 Å². The molecule has 0 unspecified atom stereocenters. The molecule has 0 aliphatic carbocycles. The number of aromatic nitrogens is 1. The maximum atomic E-state index is 12.4.